The fourth-order valence-electron chi connectivity index (χ4n) is 2.66. The molecule has 1 aliphatic carbocycles. The summed E-state index contributed by atoms with van der Waals surface area (Å²) in [4.78, 5) is 39.3. The highest BCUT2D eigenvalue weighted by atomic mass is 16.4. The molecule has 0 amide bonds. The highest BCUT2D eigenvalue weighted by molar-refractivity contribution is 5.80. The minimum atomic E-state index is -0.981. The lowest BCUT2D eigenvalue weighted by atomic mass is 9.79. The summed E-state index contributed by atoms with van der Waals surface area (Å²) in [5.41, 5.74) is 0. The Balaban J connectivity index is -0.000000445. The first-order valence-electron chi connectivity index (χ1n) is 10.8. The summed E-state index contributed by atoms with van der Waals surface area (Å²) in [6, 6.07) is 0. The fourth-order valence-corrected chi connectivity index (χ4v) is 2.66. The number of rotatable bonds is 11. The molecular weight excluding hydrogens is 448 g/mol. The average Bonchev–Trinajstić information content (AvgIpc) is 2.80. The Hall–Kier alpha value is -3.24. The van der Waals surface area contributed by atoms with E-state index in [1.54, 1.807) is 12.2 Å². The van der Waals surface area contributed by atoms with Crippen molar-refractivity contribution in [3.05, 3.63) is 49.6 Å². The molecule has 0 saturated heterocycles. The molecule has 1 rings (SSSR count). The molecule has 0 aromatic rings. The van der Waals surface area contributed by atoms with Gasteiger partial charge >= 0.3 is 23.9 Å². The lowest BCUT2D eigenvalue weighted by Crippen LogP contribution is -2.16. The van der Waals surface area contributed by atoms with Gasteiger partial charge in [0.1, 0.15) is 0 Å². The number of allylic oxidation sites excluding steroid dienone is 2. The maximum atomic E-state index is 10.4. The van der Waals surface area contributed by atoms with Crippen LogP contribution in [0.1, 0.15) is 51.4 Å². The van der Waals surface area contributed by atoms with E-state index in [4.69, 9.17) is 30.6 Å². The van der Waals surface area contributed by atoms with Gasteiger partial charge in [0.15, 0.2) is 0 Å². The Morgan fingerprint density at radius 1 is 0.618 bits per heavy atom. The summed E-state index contributed by atoms with van der Waals surface area (Å²) < 4.78 is 0. The summed E-state index contributed by atoms with van der Waals surface area (Å²) in [6.07, 6.45) is 15.2. The van der Waals surface area contributed by atoms with E-state index in [0.29, 0.717) is 0 Å². The van der Waals surface area contributed by atoms with Crippen LogP contribution in [0.5, 0.6) is 0 Å². The molecule has 2 atom stereocenters. The summed E-state index contributed by atoms with van der Waals surface area (Å²) in [5, 5.41) is 48.9. The Kier molecular flexibility index (Phi) is 27.1. The van der Waals surface area contributed by atoms with Crippen molar-refractivity contribution in [1.82, 2.24) is 0 Å². The molecule has 10 nitrogen and oxygen atoms in total. The van der Waals surface area contributed by atoms with Crippen LogP contribution in [0.25, 0.3) is 0 Å². The third-order valence-corrected chi connectivity index (χ3v) is 4.26. The van der Waals surface area contributed by atoms with E-state index in [2.05, 4.69) is 13.2 Å². The van der Waals surface area contributed by atoms with Gasteiger partial charge in [0.2, 0.25) is 0 Å². The Morgan fingerprint density at radius 2 is 0.912 bits per heavy atom. The molecule has 0 radical (unpaired) electrons. The molecule has 0 aromatic carbocycles. The van der Waals surface area contributed by atoms with Gasteiger partial charge < -0.3 is 30.6 Å². The maximum Gasteiger partial charge on any atom is 0.327 e. The van der Waals surface area contributed by atoms with Crippen molar-refractivity contribution in [3.63, 3.8) is 0 Å². The van der Waals surface area contributed by atoms with E-state index in [-0.39, 0.29) is 25.0 Å². The number of carbonyl (C=O) groups is 4. The second kappa shape index (κ2) is 26.0. The highest BCUT2D eigenvalue weighted by Gasteiger charge is 2.21. The molecule has 6 N–H and O–H groups in total. The molecule has 0 aromatic heterocycles. The van der Waals surface area contributed by atoms with E-state index in [1.165, 1.54) is 0 Å². The quantitative estimate of drug-likeness (QED) is 0.187. The second-order valence-electron chi connectivity index (χ2n) is 6.95. The smallest absolute Gasteiger partial charge is 0.327 e. The zero-order valence-electron chi connectivity index (χ0n) is 19.4. The molecular formula is C24H38O10. The number of aliphatic hydroxyl groups is 2. The highest BCUT2D eigenvalue weighted by Crippen LogP contribution is 2.31. The molecule has 0 spiro atoms. The van der Waals surface area contributed by atoms with Gasteiger partial charge in [0.05, 0.1) is 0 Å². The Bertz CT molecular complexity index is 596. The third kappa shape index (κ3) is 30.9. The zero-order valence-corrected chi connectivity index (χ0v) is 19.4. The van der Waals surface area contributed by atoms with Gasteiger partial charge in [0.25, 0.3) is 0 Å². The van der Waals surface area contributed by atoms with E-state index in [1.807, 2.05) is 0 Å². The van der Waals surface area contributed by atoms with E-state index >= 15 is 0 Å². The number of hydrogen-bond donors (Lipinski definition) is 6. The largest absolute Gasteiger partial charge is 0.478 e. The minimum absolute atomic E-state index is 0.153. The molecule has 1 saturated carbocycles. The average molecular weight is 487 g/mol. The summed E-state index contributed by atoms with van der Waals surface area (Å²) in [7, 11) is 0. The first-order chi connectivity index (χ1) is 16.0. The molecule has 194 valence electrons. The van der Waals surface area contributed by atoms with Gasteiger partial charge in [0, 0.05) is 37.5 Å². The van der Waals surface area contributed by atoms with Crippen LogP contribution in [0.15, 0.2) is 49.6 Å². The van der Waals surface area contributed by atoms with Gasteiger partial charge in [-0.3, -0.25) is 0 Å². The topological polar surface area (TPSA) is 190 Å². The number of carboxylic acids is 4. The first-order valence-corrected chi connectivity index (χ1v) is 10.8. The van der Waals surface area contributed by atoms with Crippen molar-refractivity contribution in [1.29, 1.82) is 0 Å². The van der Waals surface area contributed by atoms with Crippen molar-refractivity contribution in [3.8, 4) is 0 Å². The van der Waals surface area contributed by atoms with Gasteiger partial charge in [-0.2, -0.15) is 0 Å². The predicted octanol–water partition coefficient (Wildman–Crippen LogP) is 3.12. The first kappa shape index (κ1) is 35.4. The van der Waals surface area contributed by atoms with Crippen LogP contribution in [0.2, 0.25) is 0 Å². The van der Waals surface area contributed by atoms with Gasteiger partial charge in [-0.1, -0.05) is 51.0 Å². The number of aliphatic carboxylic acids is 4. The van der Waals surface area contributed by atoms with Crippen LogP contribution >= 0.6 is 0 Å². The maximum absolute atomic E-state index is 10.4. The van der Waals surface area contributed by atoms with Crippen molar-refractivity contribution in [2.45, 2.75) is 51.4 Å². The van der Waals surface area contributed by atoms with Crippen LogP contribution in [0.3, 0.4) is 0 Å². The molecule has 34 heavy (non-hydrogen) atoms. The van der Waals surface area contributed by atoms with E-state index in [9.17, 15) is 19.2 Å². The lowest BCUT2D eigenvalue weighted by molar-refractivity contribution is -0.132. The van der Waals surface area contributed by atoms with Crippen LogP contribution < -0.4 is 0 Å². The van der Waals surface area contributed by atoms with E-state index in [0.717, 1.165) is 75.7 Å². The molecule has 0 bridgehead atoms. The van der Waals surface area contributed by atoms with Gasteiger partial charge in [-0.25, -0.2) is 19.2 Å². The fraction of sp³-hybridized carbons (Fsp3) is 0.500. The SMILES string of the molecule is C=CC(=O)O.C=CC(=O)O.O=C(O)C=CC1CCCCC1C=CC(=O)O.OCCCCCCO. The van der Waals surface area contributed by atoms with Gasteiger partial charge in [-0.05, 0) is 37.5 Å². The summed E-state index contributed by atoms with van der Waals surface area (Å²) in [6.45, 7) is 6.49. The van der Waals surface area contributed by atoms with Crippen molar-refractivity contribution in [2.24, 2.45) is 11.8 Å². The van der Waals surface area contributed by atoms with Crippen LogP contribution in [0, 0.1) is 11.8 Å². The van der Waals surface area contributed by atoms with Crippen LogP contribution in [-0.2, 0) is 19.2 Å². The lowest BCUT2D eigenvalue weighted by Gasteiger charge is -2.26. The molecule has 0 heterocycles. The van der Waals surface area contributed by atoms with Crippen molar-refractivity contribution < 1.29 is 49.8 Å². The summed E-state index contributed by atoms with van der Waals surface area (Å²) >= 11 is 0. The third-order valence-electron chi connectivity index (χ3n) is 4.26. The number of aliphatic hydroxyl groups excluding tert-OH is 2. The zero-order chi connectivity index (χ0) is 26.8. The number of carboxylic acid groups (broad SMARTS) is 4. The normalized spacial score (nSPS) is 16.5. The van der Waals surface area contributed by atoms with Crippen molar-refractivity contribution >= 4 is 23.9 Å². The predicted molar refractivity (Wildman–Crippen MR) is 127 cm³/mol. The number of hydrogen-bond acceptors (Lipinski definition) is 6. The summed E-state index contributed by atoms with van der Waals surface area (Å²) in [5.74, 6) is -3.56. The number of unbranched alkanes of at least 4 members (excludes halogenated alkanes) is 3. The van der Waals surface area contributed by atoms with E-state index < -0.39 is 23.9 Å². The Labute approximate surface area is 200 Å². The van der Waals surface area contributed by atoms with Gasteiger partial charge in [-0.15, -0.1) is 0 Å². The Morgan fingerprint density at radius 3 is 1.12 bits per heavy atom. The molecule has 2 unspecified atom stereocenters. The molecule has 0 aliphatic heterocycles. The van der Waals surface area contributed by atoms with Crippen LogP contribution in [0.4, 0.5) is 0 Å². The molecule has 10 heteroatoms. The van der Waals surface area contributed by atoms with Crippen LogP contribution in [-0.4, -0.2) is 67.7 Å². The monoisotopic (exact) mass is 486 g/mol. The van der Waals surface area contributed by atoms with Crippen molar-refractivity contribution in [2.75, 3.05) is 13.2 Å². The minimum Gasteiger partial charge on any atom is -0.478 e. The second-order valence-corrected chi connectivity index (χ2v) is 6.95. The molecule has 1 aliphatic rings. The standard InChI is InChI=1S/C12H16O4.C6H14O2.2C3H4O2/c13-11(14)7-5-9-3-1-2-4-10(9)6-8-12(15)16;7-5-3-1-2-4-6-8;2*1-2-3(4)5/h5-10H,1-4H2,(H,13,14)(H,15,16);7-8H,1-6H2;2*2H,1H2,(H,4,5). The molecule has 1 fully saturated rings.